The van der Waals surface area contributed by atoms with Crippen molar-refractivity contribution in [1.29, 1.82) is 0 Å². The Labute approximate surface area is 485 Å². The number of hydrogen-bond acceptors (Lipinski definition) is 12. The SMILES string of the molecule is C=CCN1CCN(CC=C)c2cc(N=Nc3n(CCCCN)cc[n+]3CCCCN)ccc21.C=CCN1CCN(CC=C)c2cc(N=Nc3n(CCCCNC(C)=O)cc[n+]3CCCCNC(C)=O)ccc21.[Br-].[Br-].[Cl-].[Cl-]. The molecule has 6 N–H and O–H groups in total. The Balaban J connectivity index is 0.000000730. The smallest absolute Gasteiger partial charge is 0.421 e. The van der Waals surface area contributed by atoms with Crippen LogP contribution in [0, 0.1) is 0 Å². The van der Waals surface area contributed by atoms with E-state index < -0.39 is 0 Å². The predicted octanol–water partition coefficient (Wildman–Crippen LogP) is -4.29. The second-order valence-electron chi connectivity index (χ2n) is 18.0. The van der Waals surface area contributed by atoms with Crippen molar-refractivity contribution >= 4 is 57.8 Å². The number of carbonyl (C=O) groups is 2. The number of anilines is 4. The number of aryl methyl sites for hydroxylation is 4. The van der Waals surface area contributed by atoms with Crippen LogP contribution in [0.25, 0.3) is 0 Å². The predicted molar refractivity (Wildman–Crippen MR) is 293 cm³/mol. The third-order valence-electron chi connectivity index (χ3n) is 12.5. The molecule has 2 amide bonds. The minimum absolute atomic E-state index is 0. The number of aromatic nitrogens is 4. The molecule has 6 rings (SSSR count). The van der Waals surface area contributed by atoms with Crippen LogP contribution in [-0.2, 0) is 35.8 Å². The van der Waals surface area contributed by atoms with Crippen molar-refractivity contribution in [3.8, 4) is 0 Å². The lowest BCUT2D eigenvalue weighted by molar-refractivity contribution is -0.684. The number of hydrogen-bond donors (Lipinski definition) is 4. The van der Waals surface area contributed by atoms with Crippen molar-refractivity contribution in [2.45, 2.75) is 91.4 Å². The number of nitrogens with two attached hydrogens (primary N) is 2. The summed E-state index contributed by atoms with van der Waals surface area (Å²) in [6.45, 7) is 31.7. The number of halogens is 4. The molecular weight excluding hydrogens is 1140 g/mol. The molecule has 0 bridgehead atoms. The summed E-state index contributed by atoms with van der Waals surface area (Å²) in [7, 11) is 0. The van der Waals surface area contributed by atoms with Gasteiger partial charge in [0.25, 0.3) is 0 Å². The molecule has 0 spiro atoms. The van der Waals surface area contributed by atoms with E-state index in [0.29, 0.717) is 26.2 Å². The second-order valence-corrected chi connectivity index (χ2v) is 18.0. The first-order valence-corrected chi connectivity index (χ1v) is 25.8. The van der Waals surface area contributed by atoms with E-state index >= 15 is 0 Å². The minimum Gasteiger partial charge on any atom is -1.00 e. The third kappa shape index (κ3) is 21.6. The molecule has 0 saturated carbocycles. The highest BCUT2D eigenvalue weighted by Crippen LogP contribution is 2.38. The summed E-state index contributed by atoms with van der Waals surface area (Å²) in [4.78, 5) is 31.6. The van der Waals surface area contributed by atoms with Gasteiger partial charge in [0.1, 0.15) is 11.4 Å². The van der Waals surface area contributed by atoms with Gasteiger partial charge >= 0.3 is 11.9 Å². The maximum absolute atomic E-state index is 11.2. The van der Waals surface area contributed by atoms with Crippen molar-refractivity contribution in [2.75, 3.05) is 98.1 Å². The molecule has 0 atom stereocenters. The summed E-state index contributed by atoms with van der Waals surface area (Å²) in [5.74, 6) is 1.62. The highest BCUT2D eigenvalue weighted by atomic mass is 79.9. The Morgan fingerprint density at radius 1 is 0.539 bits per heavy atom. The normalized spacial score (nSPS) is 12.5. The number of nitrogens with zero attached hydrogens (tertiary/aromatic N) is 12. The number of unbranched alkanes of at least 4 members (excludes halogenated alkanes) is 4. The van der Waals surface area contributed by atoms with E-state index in [1.807, 2.05) is 48.8 Å². The van der Waals surface area contributed by atoms with Crippen LogP contribution in [-0.4, -0.2) is 99.5 Å². The monoisotopic (exact) mass is 1210 g/mol. The summed E-state index contributed by atoms with van der Waals surface area (Å²) in [5, 5.41) is 24.4. The largest absolute Gasteiger partial charge is 1.00 e. The van der Waals surface area contributed by atoms with Gasteiger partial charge < -0.3 is 100 Å². The van der Waals surface area contributed by atoms with Gasteiger partial charge in [-0.1, -0.05) is 34.5 Å². The lowest BCUT2D eigenvalue weighted by Crippen LogP contribution is -3.00. The molecule has 18 nitrogen and oxygen atoms in total. The Morgan fingerprint density at radius 3 is 1.28 bits per heavy atom. The van der Waals surface area contributed by atoms with E-state index in [2.05, 4.69) is 127 Å². The zero-order chi connectivity index (χ0) is 51.5. The fraction of sp³-hybridized carbons (Fsp3) is 0.481. The number of amides is 2. The third-order valence-corrected chi connectivity index (χ3v) is 12.5. The number of benzene rings is 2. The number of carbonyl (C=O) groups excluding carboxylic acids is 2. The van der Waals surface area contributed by atoms with Gasteiger partial charge in [0, 0.05) is 89.5 Å². The van der Waals surface area contributed by atoms with Gasteiger partial charge in [-0.25, -0.2) is 18.3 Å². The van der Waals surface area contributed by atoms with Crippen molar-refractivity contribution in [3.63, 3.8) is 0 Å². The number of rotatable bonds is 30. The molecule has 420 valence electrons. The van der Waals surface area contributed by atoms with Crippen molar-refractivity contribution in [2.24, 2.45) is 31.9 Å². The molecule has 2 aromatic heterocycles. The van der Waals surface area contributed by atoms with E-state index in [-0.39, 0.29) is 70.6 Å². The molecule has 0 fully saturated rings. The van der Waals surface area contributed by atoms with Gasteiger partial charge in [0.15, 0.2) is 0 Å². The first-order valence-electron chi connectivity index (χ1n) is 25.8. The molecule has 2 aliphatic rings. The van der Waals surface area contributed by atoms with Crippen LogP contribution in [0.5, 0.6) is 0 Å². The topological polar surface area (TPSA) is 190 Å². The van der Waals surface area contributed by atoms with Gasteiger partial charge in [-0.05, 0) is 101 Å². The molecule has 0 saturated heterocycles. The molecule has 0 unspecified atom stereocenters. The number of nitrogens with one attached hydrogen (secondary N) is 2. The van der Waals surface area contributed by atoms with E-state index in [9.17, 15) is 9.59 Å². The van der Waals surface area contributed by atoms with Gasteiger partial charge in [-0.2, -0.15) is 0 Å². The van der Waals surface area contributed by atoms with Gasteiger partial charge in [-0.15, -0.1) is 26.3 Å². The van der Waals surface area contributed by atoms with Crippen molar-refractivity contribution in [1.82, 2.24) is 19.8 Å². The van der Waals surface area contributed by atoms with E-state index in [1.54, 1.807) is 0 Å². The van der Waals surface area contributed by atoms with Crippen molar-refractivity contribution in [3.05, 3.63) is 112 Å². The fourth-order valence-electron chi connectivity index (χ4n) is 8.78. The van der Waals surface area contributed by atoms with Crippen LogP contribution in [0.15, 0.2) is 132 Å². The average molecular weight is 1220 g/mol. The zero-order valence-corrected chi connectivity index (χ0v) is 49.4. The van der Waals surface area contributed by atoms with Crippen LogP contribution < -0.4 is 110 Å². The molecular formula is C54H82Br2Cl2N16O2-2. The summed E-state index contributed by atoms with van der Waals surface area (Å²) in [6.07, 6.45) is 23.6. The number of fused-ring (bicyclic) bond motifs is 2. The molecule has 0 aliphatic carbocycles. The summed E-state index contributed by atoms with van der Waals surface area (Å²) < 4.78 is 8.55. The maximum Gasteiger partial charge on any atom is 0.421 e. The van der Waals surface area contributed by atoms with Crippen LogP contribution in [0.4, 0.5) is 46.0 Å². The average Bonchev–Trinajstić information content (AvgIpc) is 3.96. The molecule has 4 heterocycles. The lowest BCUT2D eigenvalue weighted by atomic mass is 10.1. The molecule has 2 aromatic carbocycles. The zero-order valence-electron chi connectivity index (χ0n) is 44.7. The molecule has 0 radical (unpaired) electrons. The number of azo groups is 2. The minimum atomic E-state index is -0.00752. The van der Waals surface area contributed by atoms with Gasteiger partial charge in [-0.3, -0.25) is 9.59 Å². The molecule has 76 heavy (non-hydrogen) atoms. The molecule has 2 aliphatic heterocycles. The standard InChI is InChI=1S/C29H42N8O2.C25H39N8.2BrH.2ClH/c1-5-15-34-19-20-35(16-6-2)28-23-26(11-12-27(28)34)32-33-29-36(17-9-7-13-30-24(3)38)21-22-37(29)18-10-8-14-31-25(4)39;1-3-13-30-17-18-31(14-4-2)24-21-22(9-10-23(24)30)28-29-25-32(15-7-5-11-26)19-20-33(25)16-8-6-12-27;;;;/h5-6,11-12,21-23H,1-2,7-10,13-20H2,3-4H3,(H-,30,31,38,39);3-4,9-10,19-21H,1-2,5-8,11-18,26-27H2;4*1H/q;+1;;;;/p-3. The first-order chi connectivity index (χ1) is 35.1. The maximum atomic E-state index is 11.2. The van der Waals surface area contributed by atoms with E-state index in [0.717, 1.165) is 165 Å². The Bertz CT molecular complexity index is 2380. The first kappa shape index (κ1) is 68.6. The van der Waals surface area contributed by atoms with Gasteiger partial charge in [0.2, 0.25) is 11.8 Å². The molecule has 4 aromatic rings. The van der Waals surface area contributed by atoms with Crippen LogP contribution in [0.2, 0.25) is 0 Å². The van der Waals surface area contributed by atoms with Crippen LogP contribution in [0.1, 0.15) is 65.2 Å². The van der Waals surface area contributed by atoms with Crippen LogP contribution >= 0.6 is 0 Å². The summed E-state index contributed by atoms with van der Waals surface area (Å²) in [6, 6.07) is 12.5. The fourth-order valence-corrected chi connectivity index (χ4v) is 8.78. The quantitative estimate of drug-likeness (QED) is 0.0175. The van der Waals surface area contributed by atoms with E-state index in [1.165, 1.54) is 25.2 Å². The summed E-state index contributed by atoms with van der Waals surface area (Å²) in [5.41, 5.74) is 17.6. The van der Waals surface area contributed by atoms with Crippen LogP contribution in [0.3, 0.4) is 0 Å². The Morgan fingerprint density at radius 2 is 0.895 bits per heavy atom. The lowest BCUT2D eigenvalue weighted by Gasteiger charge is -2.38. The molecule has 22 heteroatoms. The second kappa shape index (κ2) is 38.2. The van der Waals surface area contributed by atoms with Crippen molar-refractivity contribution < 1.29 is 77.5 Å². The summed E-state index contributed by atoms with van der Waals surface area (Å²) >= 11 is 0. The Hall–Kier alpha value is -5.38. The number of imidazole rings is 2. The highest BCUT2D eigenvalue weighted by Gasteiger charge is 2.25. The highest BCUT2D eigenvalue weighted by molar-refractivity contribution is 5.78. The van der Waals surface area contributed by atoms with E-state index in [4.69, 9.17) is 16.6 Å². The Kier molecular flexibility index (Phi) is 34.5. The van der Waals surface area contributed by atoms with Gasteiger partial charge in [0.05, 0.1) is 73.7 Å².